The summed E-state index contributed by atoms with van der Waals surface area (Å²) in [6.45, 7) is 6.47. The number of aryl methyl sites for hydroxylation is 3. The van der Waals surface area contributed by atoms with Crippen LogP contribution in [0.25, 0.3) is 11.0 Å². The van der Waals surface area contributed by atoms with E-state index in [9.17, 15) is 4.79 Å². The smallest absolute Gasteiger partial charge is 0.295 e. The highest BCUT2D eigenvalue weighted by Crippen LogP contribution is 2.30. The van der Waals surface area contributed by atoms with Crippen molar-refractivity contribution in [2.24, 2.45) is 0 Å². The van der Waals surface area contributed by atoms with Crippen LogP contribution in [0.2, 0.25) is 0 Å². The average Bonchev–Trinajstić information content (AvgIpc) is 3.03. The van der Waals surface area contributed by atoms with E-state index in [1.807, 2.05) is 68.4 Å². The van der Waals surface area contributed by atoms with E-state index >= 15 is 0 Å². The normalized spacial score (nSPS) is 11.0. The van der Waals surface area contributed by atoms with Crippen LogP contribution in [0.1, 0.15) is 32.8 Å². The fraction of sp³-hybridized carbons (Fsp3) is 0.167. The highest BCUT2D eigenvalue weighted by Gasteiger charge is 2.25. The molecule has 0 bridgehead atoms. The molecule has 0 aliphatic carbocycles. The molecule has 28 heavy (non-hydrogen) atoms. The number of hydrogen-bond donors (Lipinski definition) is 0. The van der Waals surface area contributed by atoms with E-state index in [1.165, 1.54) is 5.56 Å². The number of rotatable bonds is 4. The number of pyridine rings is 1. The van der Waals surface area contributed by atoms with E-state index in [4.69, 9.17) is 4.42 Å². The number of hydrogen-bond acceptors (Lipinski definition) is 3. The van der Waals surface area contributed by atoms with E-state index in [2.05, 4.69) is 18.0 Å². The summed E-state index contributed by atoms with van der Waals surface area (Å²) in [6.07, 6.45) is 1.69. The Morgan fingerprint density at radius 3 is 2.39 bits per heavy atom. The summed E-state index contributed by atoms with van der Waals surface area (Å²) < 4.78 is 6.02. The zero-order valence-electron chi connectivity index (χ0n) is 16.3. The van der Waals surface area contributed by atoms with Crippen LogP contribution in [0.15, 0.2) is 71.3 Å². The molecule has 0 atom stereocenters. The average molecular weight is 370 g/mol. The molecular formula is C24H22N2O2. The van der Waals surface area contributed by atoms with E-state index in [0.717, 1.165) is 27.7 Å². The number of fused-ring (bicyclic) bond motifs is 1. The van der Waals surface area contributed by atoms with Crippen LogP contribution in [0.4, 0.5) is 5.82 Å². The van der Waals surface area contributed by atoms with Gasteiger partial charge in [-0.1, -0.05) is 36.4 Å². The van der Waals surface area contributed by atoms with Gasteiger partial charge in [-0.3, -0.25) is 9.69 Å². The van der Waals surface area contributed by atoms with Crippen LogP contribution in [0.5, 0.6) is 0 Å². The van der Waals surface area contributed by atoms with Gasteiger partial charge in [-0.25, -0.2) is 4.98 Å². The maximum Gasteiger partial charge on any atom is 0.295 e. The number of carbonyl (C=O) groups is 1. The Morgan fingerprint density at radius 1 is 0.964 bits per heavy atom. The molecule has 4 aromatic rings. The second-order valence-corrected chi connectivity index (χ2v) is 7.05. The van der Waals surface area contributed by atoms with E-state index < -0.39 is 0 Å². The lowest BCUT2D eigenvalue weighted by atomic mass is 10.0. The molecule has 4 rings (SSSR count). The lowest BCUT2D eigenvalue weighted by Gasteiger charge is -2.21. The molecule has 2 aromatic carbocycles. The Hall–Kier alpha value is -3.40. The zero-order chi connectivity index (χ0) is 19.7. The van der Waals surface area contributed by atoms with Crippen molar-refractivity contribution < 1.29 is 9.21 Å². The molecule has 0 aliphatic rings. The molecule has 4 nitrogen and oxygen atoms in total. The standard InChI is InChI=1S/C24H22N2O2/c1-16-13-20-18(3)23(28-21(20)14-17(16)2)24(27)26(22-11-7-8-12-25-22)15-19-9-5-4-6-10-19/h4-14H,15H2,1-3H3. The summed E-state index contributed by atoms with van der Waals surface area (Å²) in [6, 6.07) is 19.5. The second kappa shape index (κ2) is 7.31. The van der Waals surface area contributed by atoms with Crippen molar-refractivity contribution in [1.29, 1.82) is 0 Å². The Morgan fingerprint density at radius 2 is 1.68 bits per heavy atom. The first-order valence-corrected chi connectivity index (χ1v) is 9.32. The van der Waals surface area contributed by atoms with Gasteiger partial charge in [0, 0.05) is 17.1 Å². The minimum absolute atomic E-state index is 0.188. The van der Waals surface area contributed by atoms with Gasteiger partial charge in [0.25, 0.3) is 5.91 Å². The number of amides is 1. The Bertz CT molecular complexity index is 1130. The molecule has 0 saturated heterocycles. The van der Waals surface area contributed by atoms with Crippen molar-refractivity contribution in [1.82, 2.24) is 4.98 Å². The highest BCUT2D eigenvalue weighted by molar-refractivity contribution is 6.07. The van der Waals surface area contributed by atoms with Crippen LogP contribution < -0.4 is 4.90 Å². The summed E-state index contributed by atoms with van der Waals surface area (Å²) in [4.78, 5) is 19.6. The van der Waals surface area contributed by atoms with Gasteiger partial charge >= 0.3 is 0 Å². The van der Waals surface area contributed by atoms with Gasteiger partial charge in [0.2, 0.25) is 0 Å². The fourth-order valence-electron chi connectivity index (χ4n) is 3.34. The summed E-state index contributed by atoms with van der Waals surface area (Å²) in [5.74, 6) is 0.775. The van der Waals surface area contributed by atoms with Crippen molar-refractivity contribution >= 4 is 22.7 Å². The lowest BCUT2D eigenvalue weighted by molar-refractivity contribution is 0.0959. The van der Waals surface area contributed by atoms with Crippen molar-refractivity contribution in [3.8, 4) is 0 Å². The number of aromatic nitrogens is 1. The van der Waals surface area contributed by atoms with Crippen LogP contribution in [-0.4, -0.2) is 10.9 Å². The van der Waals surface area contributed by atoms with Crippen LogP contribution >= 0.6 is 0 Å². The molecule has 1 amide bonds. The van der Waals surface area contributed by atoms with Crippen LogP contribution in [0.3, 0.4) is 0 Å². The third-order valence-electron chi connectivity index (χ3n) is 5.10. The second-order valence-electron chi connectivity index (χ2n) is 7.05. The molecule has 4 heteroatoms. The maximum atomic E-state index is 13.5. The minimum atomic E-state index is -0.188. The Balaban J connectivity index is 1.79. The van der Waals surface area contributed by atoms with Crippen molar-refractivity contribution in [2.75, 3.05) is 4.90 Å². The highest BCUT2D eigenvalue weighted by atomic mass is 16.3. The number of nitrogens with zero attached hydrogens (tertiary/aromatic N) is 2. The third kappa shape index (κ3) is 3.29. The van der Waals surface area contributed by atoms with Gasteiger partial charge in [-0.2, -0.15) is 0 Å². The third-order valence-corrected chi connectivity index (χ3v) is 5.10. The molecule has 2 heterocycles. The summed E-state index contributed by atoms with van der Waals surface area (Å²) in [5, 5.41) is 0.979. The first kappa shape index (κ1) is 18.0. The first-order chi connectivity index (χ1) is 13.5. The maximum absolute atomic E-state index is 13.5. The van der Waals surface area contributed by atoms with Gasteiger partial charge < -0.3 is 4.42 Å². The quantitative estimate of drug-likeness (QED) is 0.470. The number of carbonyl (C=O) groups excluding carboxylic acids is 1. The molecule has 0 fully saturated rings. The number of anilines is 1. The van der Waals surface area contributed by atoms with Gasteiger partial charge in [0.1, 0.15) is 11.4 Å². The zero-order valence-corrected chi connectivity index (χ0v) is 16.3. The van der Waals surface area contributed by atoms with Gasteiger partial charge in [0.15, 0.2) is 5.76 Å². The van der Waals surface area contributed by atoms with Crippen LogP contribution in [0, 0.1) is 20.8 Å². The molecule has 140 valence electrons. The molecule has 0 N–H and O–H groups in total. The molecule has 0 radical (unpaired) electrons. The Labute approximate surface area is 164 Å². The monoisotopic (exact) mass is 370 g/mol. The number of furan rings is 1. The fourth-order valence-corrected chi connectivity index (χ4v) is 3.34. The molecular weight excluding hydrogens is 348 g/mol. The molecule has 0 unspecified atom stereocenters. The molecule has 0 spiro atoms. The van der Waals surface area contributed by atoms with Crippen molar-refractivity contribution in [3.05, 3.63) is 94.9 Å². The van der Waals surface area contributed by atoms with E-state index in [0.29, 0.717) is 18.1 Å². The molecule has 2 aromatic heterocycles. The van der Waals surface area contributed by atoms with Crippen LogP contribution in [-0.2, 0) is 6.54 Å². The molecule has 0 aliphatic heterocycles. The number of benzene rings is 2. The van der Waals surface area contributed by atoms with Gasteiger partial charge in [-0.15, -0.1) is 0 Å². The van der Waals surface area contributed by atoms with E-state index in [1.54, 1.807) is 11.1 Å². The summed E-state index contributed by atoms with van der Waals surface area (Å²) in [7, 11) is 0. The largest absolute Gasteiger partial charge is 0.451 e. The molecule has 0 saturated carbocycles. The topological polar surface area (TPSA) is 46.3 Å². The van der Waals surface area contributed by atoms with Crippen molar-refractivity contribution in [3.63, 3.8) is 0 Å². The Kier molecular flexibility index (Phi) is 4.70. The predicted octanol–water partition coefficient (Wildman–Crippen LogP) is 5.60. The van der Waals surface area contributed by atoms with E-state index in [-0.39, 0.29) is 5.91 Å². The van der Waals surface area contributed by atoms with Gasteiger partial charge in [0.05, 0.1) is 6.54 Å². The SMILES string of the molecule is Cc1cc2oc(C(=O)N(Cc3ccccc3)c3ccccn3)c(C)c2cc1C. The first-order valence-electron chi connectivity index (χ1n) is 9.32. The summed E-state index contributed by atoms with van der Waals surface area (Å²) >= 11 is 0. The van der Waals surface area contributed by atoms with Crippen molar-refractivity contribution in [2.45, 2.75) is 27.3 Å². The lowest BCUT2D eigenvalue weighted by Crippen LogP contribution is -2.31. The minimum Gasteiger partial charge on any atom is -0.451 e. The predicted molar refractivity (Wildman–Crippen MR) is 112 cm³/mol. The summed E-state index contributed by atoms with van der Waals surface area (Å²) in [5.41, 5.74) is 4.95. The van der Waals surface area contributed by atoms with Gasteiger partial charge in [-0.05, 0) is 61.7 Å².